The highest BCUT2D eigenvalue weighted by atomic mass is 35.5. The zero-order valence-electron chi connectivity index (χ0n) is 16.8. The van der Waals surface area contributed by atoms with Crippen molar-refractivity contribution in [3.05, 3.63) is 71.3 Å². The van der Waals surface area contributed by atoms with Crippen LogP contribution < -0.4 is 0 Å². The minimum atomic E-state index is 0. The van der Waals surface area contributed by atoms with Gasteiger partial charge in [0.05, 0.1) is 0 Å². The van der Waals surface area contributed by atoms with E-state index >= 15 is 0 Å². The predicted octanol–water partition coefficient (Wildman–Crippen LogP) is 3.98. The molecule has 1 fully saturated rings. The minimum absolute atomic E-state index is 0. The fraction of sp³-hybridized carbons (Fsp3) is 0.417. The number of rotatable bonds is 7. The van der Waals surface area contributed by atoms with Gasteiger partial charge in [-0.05, 0) is 49.0 Å². The molecule has 2 heterocycles. The van der Waals surface area contributed by atoms with E-state index in [0.29, 0.717) is 24.5 Å². The van der Waals surface area contributed by atoms with Gasteiger partial charge >= 0.3 is 0 Å². The topological polar surface area (TPSA) is 40.6 Å². The molecule has 0 N–H and O–H groups in total. The predicted molar refractivity (Wildman–Crippen MR) is 117 cm³/mol. The molecule has 0 radical (unpaired) electrons. The van der Waals surface area contributed by atoms with Crippen LogP contribution in [0.3, 0.4) is 0 Å². The van der Waals surface area contributed by atoms with Gasteiger partial charge in [0.15, 0.2) is 0 Å². The Morgan fingerprint density at radius 3 is 2.38 bits per heavy atom. The molecule has 4 rings (SSSR count). The van der Waals surface area contributed by atoms with Crippen LogP contribution in [0.15, 0.2) is 54.6 Å². The van der Waals surface area contributed by atoms with Crippen molar-refractivity contribution >= 4 is 24.1 Å². The molecule has 1 saturated heterocycles. The molecular formula is C24H29ClN2O2. The molecule has 0 unspecified atom stereocenters. The van der Waals surface area contributed by atoms with Crippen LogP contribution in [0, 0.1) is 5.92 Å². The van der Waals surface area contributed by atoms with Gasteiger partial charge in [-0.15, -0.1) is 12.4 Å². The zero-order chi connectivity index (χ0) is 19.3. The molecule has 29 heavy (non-hydrogen) atoms. The van der Waals surface area contributed by atoms with Crippen LogP contribution in [0.2, 0.25) is 0 Å². The van der Waals surface area contributed by atoms with Crippen molar-refractivity contribution in [1.82, 2.24) is 9.80 Å². The van der Waals surface area contributed by atoms with E-state index < -0.39 is 0 Å². The van der Waals surface area contributed by atoms with Crippen LogP contribution in [0.5, 0.6) is 0 Å². The van der Waals surface area contributed by atoms with Gasteiger partial charge in [-0.1, -0.05) is 48.5 Å². The molecule has 0 spiro atoms. The average Bonchev–Trinajstić information content (AvgIpc) is 3.04. The van der Waals surface area contributed by atoms with Crippen molar-refractivity contribution < 1.29 is 9.59 Å². The van der Waals surface area contributed by atoms with Crippen molar-refractivity contribution in [2.45, 2.75) is 32.2 Å². The highest BCUT2D eigenvalue weighted by molar-refractivity contribution is 5.98. The molecule has 2 aromatic rings. The van der Waals surface area contributed by atoms with Crippen LogP contribution in [0.25, 0.3) is 0 Å². The van der Waals surface area contributed by atoms with Gasteiger partial charge < -0.3 is 9.80 Å². The molecule has 154 valence electrons. The summed E-state index contributed by atoms with van der Waals surface area (Å²) in [6.45, 7) is 4.51. The maximum Gasteiger partial charge on any atom is 0.254 e. The second-order valence-electron chi connectivity index (χ2n) is 8.08. The molecule has 5 heteroatoms. The van der Waals surface area contributed by atoms with Gasteiger partial charge in [-0.3, -0.25) is 9.59 Å². The number of carbonyl (C=O) groups excluding carboxylic acids is 2. The fourth-order valence-corrected chi connectivity index (χ4v) is 4.36. The number of nitrogens with zero attached hydrogens (tertiary/aromatic N) is 2. The smallest absolute Gasteiger partial charge is 0.254 e. The molecule has 1 amide bonds. The Balaban J connectivity index is 0.00000240. The Morgan fingerprint density at radius 1 is 0.966 bits per heavy atom. The Bertz CT molecular complexity index is 832. The monoisotopic (exact) mass is 412 g/mol. The molecule has 0 bridgehead atoms. The maximum atomic E-state index is 12.5. The van der Waals surface area contributed by atoms with E-state index in [2.05, 4.69) is 11.0 Å². The molecule has 0 aliphatic carbocycles. The molecule has 2 aromatic carbocycles. The lowest BCUT2D eigenvalue weighted by Gasteiger charge is -2.33. The van der Waals surface area contributed by atoms with Gasteiger partial charge in [0.25, 0.3) is 5.91 Å². The highest BCUT2D eigenvalue weighted by Crippen LogP contribution is 2.26. The molecule has 0 saturated carbocycles. The fourth-order valence-electron chi connectivity index (χ4n) is 4.36. The number of amides is 1. The number of hydrogen-bond donors (Lipinski definition) is 0. The van der Waals surface area contributed by atoms with E-state index in [1.54, 1.807) is 0 Å². The number of likely N-dealkylation sites (tertiary alicyclic amines) is 1. The summed E-state index contributed by atoms with van der Waals surface area (Å²) in [4.78, 5) is 29.2. The first kappa shape index (κ1) is 21.5. The van der Waals surface area contributed by atoms with Crippen LogP contribution >= 0.6 is 12.4 Å². The summed E-state index contributed by atoms with van der Waals surface area (Å²) < 4.78 is 0. The third kappa shape index (κ3) is 5.46. The molecule has 2 aliphatic rings. The zero-order valence-corrected chi connectivity index (χ0v) is 17.6. The van der Waals surface area contributed by atoms with Crippen molar-refractivity contribution in [2.24, 2.45) is 5.92 Å². The molecule has 0 aromatic heterocycles. The first-order valence-electron chi connectivity index (χ1n) is 10.3. The van der Waals surface area contributed by atoms with Gasteiger partial charge in [-0.25, -0.2) is 0 Å². The Morgan fingerprint density at radius 2 is 1.66 bits per heavy atom. The van der Waals surface area contributed by atoms with Crippen LogP contribution in [-0.2, 0) is 17.8 Å². The third-order valence-corrected chi connectivity index (χ3v) is 6.03. The van der Waals surface area contributed by atoms with E-state index in [1.807, 2.05) is 53.4 Å². The minimum Gasteiger partial charge on any atom is -0.334 e. The molecular weight excluding hydrogens is 384 g/mol. The van der Waals surface area contributed by atoms with Crippen LogP contribution in [-0.4, -0.2) is 47.7 Å². The van der Waals surface area contributed by atoms with E-state index in [4.69, 9.17) is 0 Å². The summed E-state index contributed by atoms with van der Waals surface area (Å²) in [7, 11) is 0. The number of ketones is 1. The summed E-state index contributed by atoms with van der Waals surface area (Å²) in [6.07, 6.45) is 3.37. The number of Topliss-reactive ketones (excluding diaryl/α,β-unsaturated/α-hetero) is 1. The summed E-state index contributed by atoms with van der Waals surface area (Å²) in [6, 6.07) is 17.9. The van der Waals surface area contributed by atoms with Crippen LogP contribution in [0.4, 0.5) is 0 Å². The normalized spacial score (nSPS) is 17.1. The van der Waals surface area contributed by atoms with E-state index in [1.165, 1.54) is 0 Å². The lowest BCUT2D eigenvalue weighted by atomic mass is 9.96. The Hall–Kier alpha value is -2.17. The largest absolute Gasteiger partial charge is 0.334 e. The molecule has 0 atom stereocenters. The van der Waals surface area contributed by atoms with Crippen molar-refractivity contribution in [3.8, 4) is 0 Å². The number of benzene rings is 2. The first-order chi connectivity index (χ1) is 13.7. The summed E-state index contributed by atoms with van der Waals surface area (Å²) in [5.41, 5.74) is 3.13. The lowest BCUT2D eigenvalue weighted by Crippen LogP contribution is -2.39. The molecule has 2 aliphatic heterocycles. The Labute approximate surface area is 179 Å². The van der Waals surface area contributed by atoms with E-state index in [0.717, 1.165) is 62.3 Å². The quantitative estimate of drug-likeness (QED) is 0.690. The number of hydrogen-bond acceptors (Lipinski definition) is 3. The summed E-state index contributed by atoms with van der Waals surface area (Å²) in [5, 5.41) is 0. The van der Waals surface area contributed by atoms with Gasteiger partial charge in [0.1, 0.15) is 5.78 Å². The maximum absolute atomic E-state index is 12.5. The standard InChI is InChI=1S/C24H28N2O2.ClH/c27-22(16-19-6-2-1-3-7-19)12-15-25-13-10-20(11-14-25)17-26-18-21-8-4-5-9-23(21)24(26)28;/h1-9,20H,10-18H2;1H. The SMILES string of the molecule is Cl.O=C(CCN1CCC(CN2Cc3ccccc3C2=O)CC1)Cc1ccccc1. The summed E-state index contributed by atoms with van der Waals surface area (Å²) in [5.74, 6) is 1.06. The van der Waals surface area contributed by atoms with Gasteiger partial charge in [-0.2, -0.15) is 0 Å². The first-order valence-corrected chi connectivity index (χ1v) is 10.3. The van der Waals surface area contributed by atoms with Gasteiger partial charge in [0, 0.05) is 38.0 Å². The van der Waals surface area contributed by atoms with Crippen molar-refractivity contribution in [2.75, 3.05) is 26.2 Å². The van der Waals surface area contributed by atoms with E-state index in [9.17, 15) is 9.59 Å². The number of fused-ring (bicyclic) bond motifs is 1. The lowest BCUT2D eigenvalue weighted by molar-refractivity contribution is -0.118. The van der Waals surface area contributed by atoms with Gasteiger partial charge in [0.2, 0.25) is 0 Å². The average molecular weight is 413 g/mol. The summed E-state index contributed by atoms with van der Waals surface area (Å²) >= 11 is 0. The highest BCUT2D eigenvalue weighted by Gasteiger charge is 2.30. The number of piperidine rings is 1. The second kappa shape index (κ2) is 10.0. The van der Waals surface area contributed by atoms with Crippen molar-refractivity contribution in [1.29, 1.82) is 0 Å². The number of carbonyl (C=O) groups is 2. The molecule has 4 nitrogen and oxygen atoms in total. The Kier molecular flexibility index (Phi) is 7.45. The third-order valence-electron chi connectivity index (χ3n) is 6.03. The number of halogens is 1. The van der Waals surface area contributed by atoms with E-state index in [-0.39, 0.29) is 18.3 Å². The second-order valence-corrected chi connectivity index (χ2v) is 8.08. The van der Waals surface area contributed by atoms with Crippen molar-refractivity contribution in [3.63, 3.8) is 0 Å². The van der Waals surface area contributed by atoms with Crippen LogP contribution in [0.1, 0.15) is 40.7 Å².